The van der Waals surface area contributed by atoms with Crippen LogP contribution in [0.2, 0.25) is 0 Å². The Morgan fingerprint density at radius 2 is 1.52 bits per heavy atom. The number of hydrogen-bond acceptors (Lipinski definition) is 3. The molecule has 0 aromatic heterocycles. The van der Waals surface area contributed by atoms with Gasteiger partial charge in [0.1, 0.15) is 5.92 Å². The number of rotatable bonds is 2. The Balaban J connectivity index is 2.23. The van der Waals surface area contributed by atoms with E-state index in [9.17, 15) is 15.3 Å². The fourth-order valence-electron chi connectivity index (χ4n) is 2.85. The average Bonchev–Trinajstić information content (AvgIpc) is 2.62. The summed E-state index contributed by atoms with van der Waals surface area (Å²) < 4.78 is 0. The number of amides is 1. The van der Waals surface area contributed by atoms with Crippen LogP contribution < -0.4 is 5.32 Å². The van der Waals surface area contributed by atoms with E-state index in [1.54, 1.807) is 0 Å². The Kier molecular flexibility index (Phi) is 3.91. The second-order valence-corrected chi connectivity index (χ2v) is 5.25. The van der Waals surface area contributed by atoms with Gasteiger partial charge in [-0.3, -0.25) is 4.79 Å². The highest BCUT2D eigenvalue weighted by atomic mass is 16.2. The first-order valence-corrected chi connectivity index (χ1v) is 7.21. The van der Waals surface area contributed by atoms with Crippen LogP contribution in [0.4, 0.5) is 0 Å². The molecule has 110 valence electrons. The molecule has 2 unspecified atom stereocenters. The van der Waals surface area contributed by atoms with Crippen LogP contribution in [0.15, 0.2) is 66.2 Å². The largest absolute Gasteiger partial charge is 0.323 e. The van der Waals surface area contributed by atoms with Gasteiger partial charge in [-0.15, -0.1) is 0 Å². The Morgan fingerprint density at radius 3 is 2.09 bits per heavy atom. The molecule has 0 fully saturated rings. The zero-order chi connectivity index (χ0) is 16.2. The molecule has 2 atom stereocenters. The van der Waals surface area contributed by atoms with Crippen LogP contribution in [0.5, 0.6) is 0 Å². The molecule has 0 spiro atoms. The Hall–Kier alpha value is -3.37. The van der Waals surface area contributed by atoms with Crippen LogP contribution in [0.3, 0.4) is 0 Å². The van der Waals surface area contributed by atoms with E-state index in [0.29, 0.717) is 11.3 Å². The minimum atomic E-state index is -0.917. The van der Waals surface area contributed by atoms with E-state index < -0.39 is 11.8 Å². The first-order valence-electron chi connectivity index (χ1n) is 7.21. The topological polar surface area (TPSA) is 76.7 Å². The number of allylic oxidation sites excluding steroid dienone is 1. The summed E-state index contributed by atoms with van der Waals surface area (Å²) in [5.74, 6) is -1.85. The highest BCUT2D eigenvalue weighted by molar-refractivity contribution is 5.96. The second kappa shape index (κ2) is 6.17. The third-order valence-corrected chi connectivity index (χ3v) is 3.93. The molecule has 4 nitrogen and oxygen atoms in total. The number of carbonyl (C=O) groups is 1. The normalized spacial score (nSPS) is 20.3. The molecule has 4 heteroatoms. The summed E-state index contributed by atoms with van der Waals surface area (Å²) in [5, 5.41) is 21.8. The maximum Gasteiger partial charge on any atom is 0.242 e. The van der Waals surface area contributed by atoms with Crippen LogP contribution >= 0.6 is 0 Å². The van der Waals surface area contributed by atoms with Crippen LogP contribution in [0.25, 0.3) is 5.70 Å². The number of nitrogens with one attached hydrogen (secondary N) is 1. The summed E-state index contributed by atoms with van der Waals surface area (Å²) >= 11 is 0. The molecular formula is C19H13N3O. The van der Waals surface area contributed by atoms with Crippen LogP contribution in [0, 0.1) is 28.6 Å². The van der Waals surface area contributed by atoms with Gasteiger partial charge in [0.2, 0.25) is 5.91 Å². The molecule has 1 heterocycles. The molecule has 23 heavy (non-hydrogen) atoms. The lowest BCUT2D eigenvalue weighted by Gasteiger charge is -2.29. The van der Waals surface area contributed by atoms with Crippen molar-refractivity contribution in [3.8, 4) is 12.1 Å². The molecular weight excluding hydrogens is 286 g/mol. The number of carbonyl (C=O) groups excluding carboxylic acids is 1. The number of benzene rings is 2. The Labute approximate surface area is 134 Å². The summed E-state index contributed by atoms with van der Waals surface area (Å²) in [6.45, 7) is 0. The lowest BCUT2D eigenvalue weighted by Crippen LogP contribution is -2.38. The van der Waals surface area contributed by atoms with Gasteiger partial charge in [-0.25, -0.2) is 0 Å². The van der Waals surface area contributed by atoms with E-state index in [1.165, 1.54) is 0 Å². The van der Waals surface area contributed by atoms with Gasteiger partial charge in [0.15, 0.2) is 0 Å². The van der Waals surface area contributed by atoms with Crippen molar-refractivity contribution >= 4 is 11.6 Å². The van der Waals surface area contributed by atoms with Gasteiger partial charge in [-0.1, -0.05) is 60.7 Å². The standard InChI is InChI=1S/C19H13N3O/c20-11-15-17(13-7-3-1-4-8-13)16(12-21)19(23)22-18(15)14-9-5-2-6-10-14/h1-10,16-17H,(H,22,23). The molecule has 1 amide bonds. The fraction of sp³-hybridized carbons (Fsp3) is 0.105. The van der Waals surface area contributed by atoms with Crippen molar-refractivity contribution in [2.45, 2.75) is 5.92 Å². The van der Waals surface area contributed by atoms with Crippen molar-refractivity contribution in [1.29, 1.82) is 10.5 Å². The van der Waals surface area contributed by atoms with Gasteiger partial charge >= 0.3 is 0 Å². The first kappa shape index (κ1) is 14.6. The van der Waals surface area contributed by atoms with Crippen molar-refractivity contribution in [1.82, 2.24) is 5.32 Å². The third-order valence-electron chi connectivity index (χ3n) is 3.93. The molecule has 3 rings (SSSR count). The van der Waals surface area contributed by atoms with Crippen molar-refractivity contribution in [2.24, 2.45) is 5.92 Å². The first-order chi connectivity index (χ1) is 11.3. The van der Waals surface area contributed by atoms with Gasteiger partial charge in [0.25, 0.3) is 0 Å². The zero-order valence-electron chi connectivity index (χ0n) is 12.2. The van der Waals surface area contributed by atoms with Gasteiger partial charge in [0.05, 0.1) is 23.4 Å². The predicted octanol–water partition coefficient (Wildman–Crippen LogP) is 2.97. The molecule has 1 N–H and O–H groups in total. The van der Waals surface area contributed by atoms with E-state index >= 15 is 0 Å². The van der Waals surface area contributed by atoms with Gasteiger partial charge in [-0.2, -0.15) is 10.5 Å². The molecule has 0 saturated heterocycles. The molecule has 1 aliphatic heterocycles. The molecule has 2 aromatic rings. The molecule has 0 radical (unpaired) electrons. The molecule has 1 aliphatic rings. The Bertz CT molecular complexity index is 842. The minimum Gasteiger partial charge on any atom is -0.323 e. The lowest BCUT2D eigenvalue weighted by atomic mass is 9.77. The quantitative estimate of drug-likeness (QED) is 0.926. The molecule has 0 aliphatic carbocycles. The van der Waals surface area contributed by atoms with E-state index in [4.69, 9.17) is 0 Å². The number of hydrogen-bond donors (Lipinski definition) is 1. The molecule has 0 saturated carbocycles. The Morgan fingerprint density at radius 1 is 0.913 bits per heavy atom. The highest BCUT2D eigenvalue weighted by Crippen LogP contribution is 2.38. The van der Waals surface area contributed by atoms with Gasteiger partial charge in [0, 0.05) is 5.92 Å². The van der Waals surface area contributed by atoms with Crippen LogP contribution in [0.1, 0.15) is 17.0 Å². The summed E-state index contributed by atoms with van der Waals surface area (Å²) in [4.78, 5) is 12.4. The van der Waals surface area contributed by atoms with Crippen molar-refractivity contribution in [2.75, 3.05) is 0 Å². The summed E-state index contributed by atoms with van der Waals surface area (Å²) in [6, 6.07) is 22.7. The van der Waals surface area contributed by atoms with Crippen LogP contribution in [-0.4, -0.2) is 5.91 Å². The smallest absolute Gasteiger partial charge is 0.242 e. The summed E-state index contributed by atoms with van der Waals surface area (Å²) in [5.41, 5.74) is 2.45. The average molecular weight is 299 g/mol. The fourth-order valence-corrected chi connectivity index (χ4v) is 2.85. The monoisotopic (exact) mass is 299 g/mol. The van der Waals surface area contributed by atoms with Crippen molar-refractivity contribution in [3.05, 3.63) is 77.4 Å². The van der Waals surface area contributed by atoms with Gasteiger partial charge in [-0.05, 0) is 11.1 Å². The molecule has 2 aromatic carbocycles. The van der Waals surface area contributed by atoms with Crippen molar-refractivity contribution < 1.29 is 4.79 Å². The number of nitrogens with zero attached hydrogens (tertiary/aromatic N) is 2. The summed E-state index contributed by atoms with van der Waals surface area (Å²) in [7, 11) is 0. The molecule has 0 bridgehead atoms. The maximum absolute atomic E-state index is 12.4. The van der Waals surface area contributed by atoms with E-state index in [0.717, 1.165) is 11.1 Å². The maximum atomic E-state index is 12.4. The van der Waals surface area contributed by atoms with Crippen LogP contribution in [-0.2, 0) is 4.79 Å². The van der Waals surface area contributed by atoms with Crippen molar-refractivity contribution in [3.63, 3.8) is 0 Å². The number of nitriles is 2. The minimum absolute atomic E-state index is 0.376. The highest BCUT2D eigenvalue weighted by Gasteiger charge is 2.39. The van der Waals surface area contributed by atoms with E-state index in [-0.39, 0.29) is 5.91 Å². The SMILES string of the molecule is N#CC1=C(c2ccccc2)NC(=O)C(C#N)C1c1ccccc1. The lowest BCUT2D eigenvalue weighted by molar-refractivity contribution is -0.122. The predicted molar refractivity (Wildman–Crippen MR) is 85.4 cm³/mol. The summed E-state index contributed by atoms with van der Waals surface area (Å²) in [6.07, 6.45) is 0. The second-order valence-electron chi connectivity index (χ2n) is 5.25. The van der Waals surface area contributed by atoms with Gasteiger partial charge < -0.3 is 5.32 Å². The zero-order valence-corrected chi connectivity index (χ0v) is 12.2. The third kappa shape index (κ3) is 2.59. The van der Waals surface area contributed by atoms with E-state index in [1.807, 2.05) is 66.7 Å². The van der Waals surface area contributed by atoms with E-state index in [2.05, 4.69) is 11.4 Å².